The lowest BCUT2D eigenvalue weighted by Gasteiger charge is -2.17. The van der Waals surface area contributed by atoms with Crippen LogP contribution in [0.5, 0.6) is 0 Å². The van der Waals surface area contributed by atoms with Gasteiger partial charge < -0.3 is 10.1 Å². The molecule has 20 heavy (non-hydrogen) atoms. The van der Waals surface area contributed by atoms with Crippen LogP contribution in [-0.2, 0) is 4.74 Å². The van der Waals surface area contributed by atoms with Gasteiger partial charge in [0.1, 0.15) is 6.07 Å². The Hall–Kier alpha value is -2.12. The number of rotatable bonds is 3. The summed E-state index contributed by atoms with van der Waals surface area (Å²) in [6.45, 7) is 0. The lowest BCUT2D eigenvalue weighted by atomic mass is 10.1. The number of methoxy groups -OCH3 is 1. The summed E-state index contributed by atoms with van der Waals surface area (Å²) in [6.07, 6.45) is 5.09. The van der Waals surface area contributed by atoms with Gasteiger partial charge in [0.15, 0.2) is 0 Å². The average molecular weight is 267 g/mol. The van der Waals surface area contributed by atoms with Crippen molar-refractivity contribution in [2.24, 2.45) is 0 Å². The number of benzene rings is 1. The van der Waals surface area contributed by atoms with Crippen LogP contribution in [-0.4, -0.2) is 24.2 Å². The number of para-hydroxylation sites is 1. The second-order valence-electron chi connectivity index (χ2n) is 5.19. The van der Waals surface area contributed by atoms with E-state index in [-0.39, 0.29) is 0 Å². The topological polar surface area (TPSA) is 57.9 Å². The molecule has 2 unspecified atom stereocenters. The van der Waals surface area contributed by atoms with E-state index in [1.165, 1.54) is 0 Å². The number of nitrogens with one attached hydrogen (secondary N) is 1. The fourth-order valence-corrected chi connectivity index (χ4v) is 2.87. The zero-order valence-electron chi connectivity index (χ0n) is 11.5. The summed E-state index contributed by atoms with van der Waals surface area (Å²) >= 11 is 0. The standard InChI is InChI=1S/C16H17N3O/c1-20-13-7-6-12(8-13)19-16-11(9-17)10-18-15-5-3-2-4-14(15)16/h2-5,10,12-13H,6-8H2,1H3,(H,18,19). The second kappa shape index (κ2) is 5.48. The van der Waals surface area contributed by atoms with Crippen LogP contribution in [0, 0.1) is 11.3 Å². The zero-order chi connectivity index (χ0) is 13.9. The molecule has 1 aromatic heterocycles. The predicted octanol–water partition coefficient (Wildman–Crippen LogP) is 3.09. The molecule has 4 heteroatoms. The summed E-state index contributed by atoms with van der Waals surface area (Å²) in [5.74, 6) is 0. The highest BCUT2D eigenvalue weighted by molar-refractivity contribution is 5.93. The van der Waals surface area contributed by atoms with E-state index in [1.807, 2.05) is 24.3 Å². The van der Waals surface area contributed by atoms with E-state index in [0.717, 1.165) is 35.9 Å². The molecule has 102 valence electrons. The van der Waals surface area contributed by atoms with Crippen molar-refractivity contribution in [2.75, 3.05) is 12.4 Å². The van der Waals surface area contributed by atoms with Crippen molar-refractivity contribution >= 4 is 16.6 Å². The van der Waals surface area contributed by atoms with Gasteiger partial charge >= 0.3 is 0 Å². The van der Waals surface area contributed by atoms with Gasteiger partial charge in [0.25, 0.3) is 0 Å². The number of hydrogen-bond donors (Lipinski definition) is 1. The fourth-order valence-electron chi connectivity index (χ4n) is 2.87. The van der Waals surface area contributed by atoms with E-state index < -0.39 is 0 Å². The highest BCUT2D eigenvalue weighted by Gasteiger charge is 2.25. The molecule has 1 saturated carbocycles. The molecule has 1 aliphatic carbocycles. The summed E-state index contributed by atoms with van der Waals surface area (Å²) in [5.41, 5.74) is 2.42. The highest BCUT2D eigenvalue weighted by atomic mass is 16.5. The van der Waals surface area contributed by atoms with Gasteiger partial charge in [0, 0.05) is 24.7 Å². The Morgan fingerprint density at radius 3 is 2.95 bits per heavy atom. The zero-order valence-corrected chi connectivity index (χ0v) is 11.5. The molecule has 1 heterocycles. The van der Waals surface area contributed by atoms with E-state index in [2.05, 4.69) is 16.4 Å². The average Bonchev–Trinajstić information content (AvgIpc) is 2.95. The molecule has 0 radical (unpaired) electrons. The molecule has 0 saturated heterocycles. The van der Waals surface area contributed by atoms with E-state index in [0.29, 0.717) is 17.7 Å². The summed E-state index contributed by atoms with van der Waals surface area (Å²) in [7, 11) is 1.76. The Morgan fingerprint density at radius 1 is 1.35 bits per heavy atom. The first kappa shape index (κ1) is 12.9. The van der Waals surface area contributed by atoms with Crippen molar-refractivity contribution in [2.45, 2.75) is 31.4 Å². The maximum absolute atomic E-state index is 9.30. The van der Waals surface area contributed by atoms with Gasteiger partial charge in [-0.3, -0.25) is 4.98 Å². The van der Waals surface area contributed by atoms with Crippen LogP contribution < -0.4 is 5.32 Å². The first-order valence-corrected chi connectivity index (χ1v) is 6.89. The first-order chi connectivity index (χ1) is 9.81. The van der Waals surface area contributed by atoms with Crippen molar-refractivity contribution in [1.82, 2.24) is 4.98 Å². The maximum Gasteiger partial charge on any atom is 0.103 e. The van der Waals surface area contributed by atoms with E-state index >= 15 is 0 Å². The van der Waals surface area contributed by atoms with Crippen LogP contribution in [0.25, 0.3) is 10.9 Å². The molecule has 0 amide bonds. The molecule has 1 aliphatic rings. The third kappa shape index (κ3) is 2.33. The second-order valence-corrected chi connectivity index (χ2v) is 5.19. The molecule has 2 aromatic rings. The molecule has 4 nitrogen and oxygen atoms in total. The van der Waals surface area contributed by atoms with Crippen LogP contribution in [0.3, 0.4) is 0 Å². The van der Waals surface area contributed by atoms with Gasteiger partial charge in [-0.05, 0) is 25.3 Å². The van der Waals surface area contributed by atoms with Gasteiger partial charge in [-0.1, -0.05) is 18.2 Å². The minimum atomic E-state index is 0.325. The summed E-state index contributed by atoms with van der Waals surface area (Å²) in [5, 5.41) is 13.8. The molecule has 3 rings (SSSR count). The van der Waals surface area contributed by atoms with Crippen molar-refractivity contribution in [3.63, 3.8) is 0 Å². The van der Waals surface area contributed by atoms with Crippen LogP contribution in [0.2, 0.25) is 0 Å². The van der Waals surface area contributed by atoms with Crippen molar-refractivity contribution in [3.05, 3.63) is 36.0 Å². The summed E-state index contributed by atoms with van der Waals surface area (Å²) in [4.78, 5) is 4.33. The van der Waals surface area contributed by atoms with Crippen molar-refractivity contribution < 1.29 is 4.74 Å². The van der Waals surface area contributed by atoms with Gasteiger partial charge in [0.05, 0.1) is 22.9 Å². The van der Waals surface area contributed by atoms with Crippen molar-refractivity contribution in [3.8, 4) is 6.07 Å². The van der Waals surface area contributed by atoms with Crippen LogP contribution >= 0.6 is 0 Å². The molecular formula is C16H17N3O. The Balaban J connectivity index is 1.95. The fraction of sp³-hybridized carbons (Fsp3) is 0.375. The van der Waals surface area contributed by atoms with Gasteiger partial charge in [-0.2, -0.15) is 5.26 Å². The number of hydrogen-bond acceptors (Lipinski definition) is 4. The Morgan fingerprint density at radius 2 is 2.20 bits per heavy atom. The van der Waals surface area contributed by atoms with E-state index in [4.69, 9.17) is 4.74 Å². The normalized spacial score (nSPS) is 21.8. The number of nitriles is 1. The number of aromatic nitrogens is 1. The Labute approximate surface area is 118 Å². The minimum Gasteiger partial charge on any atom is -0.381 e. The number of ether oxygens (including phenoxy) is 1. The van der Waals surface area contributed by atoms with Crippen LogP contribution in [0.4, 0.5) is 5.69 Å². The third-order valence-corrected chi connectivity index (χ3v) is 3.96. The number of anilines is 1. The van der Waals surface area contributed by atoms with E-state index in [1.54, 1.807) is 13.3 Å². The SMILES string of the molecule is COC1CCC(Nc2c(C#N)cnc3ccccc23)C1. The molecule has 0 aliphatic heterocycles. The highest BCUT2D eigenvalue weighted by Crippen LogP contribution is 2.30. The van der Waals surface area contributed by atoms with Gasteiger partial charge in [0.2, 0.25) is 0 Å². The molecule has 1 N–H and O–H groups in total. The summed E-state index contributed by atoms with van der Waals surface area (Å²) < 4.78 is 5.41. The molecule has 0 bridgehead atoms. The van der Waals surface area contributed by atoms with Gasteiger partial charge in [-0.25, -0.2) is 0 Å². The van der Waals surface area contributed by atoms with E-state index in [9.17, 15) is 5.26 Å². The minimum absolute atomic E-state index is 0.325. The molecule has 2 atom stereocenters. The quantitative estimate of drug-likeness (QED) is 0.928. The van der Waals surface area contributed by atoms with Crippen LogP contribution in [0.1, 0.15) is 24.8 Å². The van der Waals surface area contributed by atoms with Gasteiger partial charge in [-0.15, -0.1) is 0 Å². The maximum atomic E-state index is 9.30. The predicted molar refractivity (Wildman–Crippen MR) is 78.5 cm³/mol. The first-order valence-electron chi connectivity index (χ1n) is 6.89. The number of pyridine rings is 1. The molecule has 1 fully saturated rings. The van der Waals surface area contributed by atoms with Crippen molar-refractivity contribution in [1.29, 1.82) is 5.26 Å². The number of fused-ring (bicyclic) bond motifs is 1. The largest absolute Gasteiger partial charge is 0.381 e. The smallest absolute Gasteiger partial charge is 0.103 e. The third-order valence-electron chi connectivity index (χ3n) is 3.96. The monoisotopic (exact) mass is 267 g/mol. The molecular weight excluding hydrogens is 250 g/mol. The summed E-state index contributed by atoms with van der Waals surface area (Å²) in [6, 6.07) is 10.5. The lowest BCUT2D eigenvalue weighted by Crippen LogP contribution is -2.18. The molecule has 0 spiro atoms. The number of nitrogens with zero attached hydrogens (tertiary/aromatic N) is 2. The van der Waals surface area contributed by atoms with Crippen LogP contribution in [0.15, 0.2) is 30.5 Å². The lowest BCUT2D eigenvalue weighted by molar-refractivity contribution is 0.108. The molecule has 1 aromatic carbocycles. The Bertz CT molecular complexity index is 662. The Kier molecular flexibility index (Phi) is 3.53.